The van der Waals surface area contributed by atoms with Crippen molar-refractivity contribution in [3.8, 4) is 0 Å². The SMILES string of the molecule is CC(O)(C1=CCCCO1)c1cccc(Br)c1. The summed E-state index contributed by atoms with van der Waals surface area (Å²) in [7, 11) is 0. The van der Waals surface area contributed by atoms with Crippen molar-refractivity contribution in [3.05, 3.63) is 46.1 Å². The van der Waals surface area contributed by atoms with Crippen LogP contribution in [0.2, 0.25) is 0 Å². The third kappa shape index (κ3) is 2.30. The normalized spacial score (nSPS) is 19.6. The van der Waals surface area contributed by atoms with Gasteiger partial charge in [0.1, 0.15) is 11.4 Å². The highest BCUT2D eigenvalue weighted by atomic mass is 79.9. The molecule has 0 aromatic heterocycles. The first-order chi connectivity index (χ1) is 7.60. The molecule has 1 aromatic carbocycles. The summed E-state index contributed by atoms with van der Waals surface area (Å²) in [5.41, 5.74) is -0.195. The molecule has 0 saturated carbocycles. The van der Waals surface area contributed by atoms with Crippen LogP contribution in [0.3, 0.4) is 0 Å². The van der Waals surface area contributed by atoms with Crippen LogP contribution in [0.5, 0.6) is 0 Å². The van der Waals surface area contributed by atoms with Crippen molar-refractivity contribution in [1.29, 1.82) is 0 Å². The summed E-state index contributed by atoms with van der Waals surface area (Å²) in [6.07, 6.45) is 3.97. The molecule has 0 bridgehead atoms. The lowest BCUT2D eigenvalue weighted by Gasteiger charge is -2.29. The second-order valence-corrected chi connectivity index (χ2v) is 5.06. The molecule has 2 nitrogen and oxygen atoms in total. The Bertz CT molecular complexity index is 410. The number of halogens is 1. The van der Waals surface area contributed by atoms with E-state index in [4.69, 9.17) is 4.74 Å². The molecule has 0 radical (unpaired) electrons. The van der Waals surface area contributed by atoms with Gasteiger partial charge < -0.3 is 9.84 Å². The largest absolute Gasteiger partial charge is 0.495 e. The minimum absolute atomic E-state index is 0.664. The monoisotopic (exact) mass is 282 g/mol. The standard InChI is InChI=1S/C13H15BrO2/c1-13(15,12-7-2-3-8-16-12)10-5-4-6-11(14)9-10/h4-7,9,15H,2-3,8H2,1H3. The van der Waals surface area contributed by atoms with Crippen LogP contribution in [0.15, 0.2) is 40.6 Å². The fraction of sp³-hybridized carbons (Fsp3) is 0.385. The van der Waals surface area contributed by atoms with Crippen LogP contribution in [0, 0.1) is 0 Å². The summed E-state index contributed by atoms with van der Waals surface area (Å²) in [6, 6.07) is 7.68. The van der Waals surface area contributed by atoms with Crippen molar-refractivity contribution in [2.75, 3.05) is 6.61 Å². The van der Waals surface area contributed by atoms with E-state index in [-0.39, 0.29) is 0 Å². The molecular formula is C13H15BrO2. The maximum absolute atomic E-state index is 10.5. The second-order valence-electron chi connectivity index (χ2n) is 4.14. The zero-order valence-corrected chi connectivity index (χ0v) is 10.8. The van der Waals surface area contributed by atoms with Crippen molar-refractivity contribution in [2.24, 2.45) is 0 Å². The lowest BCUT2D eigenvalue weighted by atomic mass is 9.92. The lowest BCUT2D eigenvalue weighted by molar-refractivity contribution is 0.0150. The quantitative estimate of drug-likeness (QED) is 0.902. The molecule has 3 heteroatoms. The Balaban J connectivity index is 2.33. The average molecular weight is 283 g/mol. The first kappa shape index (κ1) is 11.7. The van der Waals surface area contributed by atoms with Gasteiger partial charge in [0.15, 0.2) is 0 Å². The molecule has 1 unspecified atom stereocenters. The minimum Gasteiger partial charge on any atom is -0.495 e. The summed E-state index contributed by atoms with van der Waals surface area (Å²) >= 11 is 3.41. The third-order valence-electron chi connectivity index (χ3n) is 2.80. The van der Waals surface area contributed by atoms with E-state index in [0.29, 0.717) is 12.4 Å². The molecule has 0 aliphatic carbocycles. The Labute approximate surface area is 104 Å². The summed E-state index contributed by atoms with van der Waals surface area (Å²) in [4.78, 5) is 0. The number of hydrogen-bond donors (Lipinski definition) is 1. The Morgan fingerprint density at radius 3 is 2.88 bits per heavy atom. The lowest BCUT2D eigenvalue weighted by Crippen LogP contribution is -2.27. The number of aliphatic hydroxyl groups is 1. The van der Waals surface area contributed by atoms with Crippen LogP contribution in [-0.4, -0.2) is 11.7 Å². The van der Waals surface area contributed by atoms with Crippen LogP contribution < -0.4 is 0 Å². The van der Waals surface area contributed by atoms with E-state index < -0.39 is 5.60 Å². The number of ether oxygens (including phenoxy) is 1. The van der Waals surface area contributed by atoms with E-state index in [0.717, 1.165) is 22.9 Å². The molecule has 1 N–H and O–H groups in total. The van der Waals surface area contributed by atoms with Crippen molar-refractivity contribution in [2.45, 2.75) is 25.4 Å². The fourth-order valence-electron chi connectivity index (χ4n) is 1.83. The van der Waals surface area contributed by atoms with Crippen molar-refractivity contribution in [1.82, 2.24) is 0 Å². The molecule has 0 amide bonds. The Morgan fingerprint density at radius 1 is 1.44 bits per heavy atom. The highest BCUT2D eigenvalue weighted by Gasteiger charge is 2.30. The summed E-state index contributed by atoms with van der Waals surface area (Å²) in [5, 5.41) is 10.5. The van der Waals surface area contributed by atoms with E-state index in [1.165, 1.54) is 0 Å². The topological polar surface area (TPSA) is 29.5 Å². The molecule has 0 saturated heterocycles. The first-order valence-electron chi connectivity index (χ1n) is 5.42. The van der Waals surface area contributed by atoms with Gasteiger partial charge >= 0.3 is 0 Å². The maximum Gasteiger partial charge on any atom is 0.143 e. The third-order valence-corrected chi connectivity index (χ3v) is 3.30. The second kappa shape index (κ2) is 4.60. The van der Waals surface area contributed by atoms with Gasteiger partial charge in [-0.3, -0.25) is 0 Å². The van der Waals surface area contributed by atoms with Gasteiger partial charge in [0, 0.05) is 4.47 Å². The van der Waals surface area contributed by atoms with Gasteiger partial charge in [-0.15, -0.1) is 0 Å². The summed E-state index contributed by atoms with van der Waals surface area (Å²) in [6.45, 7) is 2.46. The maximum atomic E-state index is 10.5. The van der Waals surface area contributed by atoms with Gasteiger partial charge in [-0.05, 0) is 43.5 Å². The Morgan fingerprint density at radius 2 is 2.25 bits per heavy atom. The van der Waals surface area contributed by atoms with E-state index >= 15 is 0 Å². The zero-order chi connectivity index (χ0) is 11.6. The van der Waals surface area contributed by atoms with Gasteiger partial charge in [-0.2, -0.15) is 0 Å². The molecular weight excluding hydrogens is 268 g/mol. The molecule has 0 fully saturated rings. The minimum atomic E-state index is -1.04. The predicted octanol–water partition coefficient (Wildman–Crippen LogP) is 3.35. The molecule has 1 aromatic rings. The zero-order valence-electron chi connectivity index (χ0n) is 9.24. The van der Waals surface area contributed by atoms with Crippen LogP contribution in [0.4, 0.5) is 0 Å². The molecule has 1 heterocycles. The highest BCUT2D eigenvalue weighted by Crippen LogP contribution is 2.33. The Hall–Kier alpha value is -0.800. The fourth-order valence-corrected chi connectivity index (χ4v) is 2.23. The summed E-state index contributed by atoms with van der Waals surface area (Å²) in [5.74, 6) is 0.664. The van der Waals surface area contributed by atoms with Gasteiger partial charge in [0.2, 0.25) is 0 Å². The van der Waals surface area contributed by atoms with Crippen LogP contribution in [0.25, 0.3) is 0 Å². The van der Waals surface area contributed by atoms with E-state index in [1.54, 1.807) is 6.92 Å². The van der Waals surface area contributed by atoms with Gasteiger partial charge in [-0.1, -0.05) is 28.1 Å². The molecule has 16 heavy (non-hydrogen) atoms. The van der Waals surface area contributed by atoms with E-state index in [2.05, 4.69) is 15.9 Å². The molecule has 1 aliphatic rings. The molecule has 1 aliphatic heterocycles. The molecule has 86 valence electrons. The average Bonchev–Trinajstić information content (AvgIpc) is 2.30. The summed E-state index contributed by atoms with van der Waals surface area (Å²) < 4.78 is 6.49. The van der Waals surface area contributed by atoms with Crippen LogP contribution >= 0.6 is 15.9 Å². The number of hydrogen-bond acceptors (Lipinski definition) is 2. The van der Waals surface area contributed by atoms with Crippen LogP contribution in [-0.2, 0) is 10.3 Å². The van der Waals surface area contributed by atoms with Gasteiger partial charge in [0.25, 0.3) is 0 Å². The van der Waals surface area contributed by atoms with Gasteiger partial charge in [0.05, 0.1) is 6.61 Å². The number of rotatable bonds is 2. The highest BCUT2D eigenvalue weighted by molar-refractivity contribution is 9.10. The smallest absolute Gasteiger partial charge is 0.143 e. The van der Waals surface area contributed by atoms with E-state index in [9.17, 15) is 5.11 Å². The first-order valence-corrected chi connectivity index (χ1v) is 6.22. The molecule has 1 atom stereocenters. The van der Waals surface area contributed by atoms with Gasteiger partial charge in [-0.25, -0.2) is 0 Å². The van der Waals surface area contributed by atoms with Crippen molar-refractivity contribution >= 4 is 15.9 Å². The van der Waals surface area contributed by atoms with E-state index in [1.807, 2.05) is 30.3 Å². The molecule has 2 rings (SSSR count). The van der Waals surface area contributed by atoms with Crippen molar-refractivity contribution in [3.63, 3.8) is 0 Å². The number of benzene rings is 1. The predicted molar refractivity (Wildman–Crippen MR) is 67.0 cm³/mol. The molecule has 0 spiro atoms. The Kier molecular flexibility index (Phi) is 3.36. The number of allylic oxidation sites excluding steroid dienone is 1. The van der Waals surface area contributed by atoms with Crippen molar-refractivity contribution < 1.29 is 9.84 Å². The van der Waals surface area contributed by atoms with Crippen LogP contribution in [0.1, 0.15) is 25.3 Å².